The summed E-state index contributed by atoms with van der Waals surface area (Å²) < 4.78 is 40.2. The van der Waals surface area contributed by atoms with E-state index in [0.29, 0.717) is 23.8 Å². The number of benzene rings is 3. The average Bonchev–Trinajstić information content (AvgIpc) is 3.37. The Morgan fingerprint density at radius 1 is 1.05 bits per heavy atom. The van der Waals surface area contributed by atoms with Crippen molar-refractivity contribution in [3.05, 3.63) is 97.7 Å². The molecule has 0 atom stereocenters. The van der Waals surface area contributed by atoms with E-state index in [9.17, 15) is 13.2 Å². The van der Waals surface area contributed by atoms with Crippen molar-refractivity contribution >= 4 is 21.9 Å². The molecule has 0 aliphatic rings. The van der Waals surface area contributed by atoms with Gasteiger partial charge in [0.25, 0.3) is 0 Å². The molecule has 39 heavy (non-hydrogen) atoms. The smallest absolute Gasteiger partial charge is 0.243 e. The number of methoxy groups -OCH3 is 1. The number of ether oxygens (including phenoxy) is 2. The first kappa shape index (κ1) is 27.6. The molecule has 202 valence electrons. The molecule has 0 fully saturated rings. The summed E-state index contributed by atoms with van der Waals surface area (Å²) in [5.41, 5.74) is 2.23. The summed E-state index contributed by atoms with van der Waals surface area (Å²) in [4.78, 5) is 17.9. The molecule has 10 heteroatoms. The Kier molecular flexibility index (Phi) is 8.80. The SMILES string of the molecule is C=CCN(CC(=O)Nc1nc(-c2ccccc2)cn1-c1cccc(OCC)c1)S(=O)(=O)c1ccc(OC)cc1. The lowest BCUT2D eigenvalue weighted by Crippen LogP contribution is -2.38. The molecule has 0 aliphatic heterocycles. The van der Waals surface area contributed by atoms with Crippen LogP contribution in [0.5, 0.6) is 11.5 Å². The van der Waals surface area contributed by atoms with Gasteiger partial charge in [-0.05, 0) is 43.3 Å². The number of rotatable bonds is 12. The van der Waals surface area contributed by atoms with E-state index in [1.165, 1.54) is 25.3 Å². The monoisotopic (exact) mass is 546 g/mol. The molecule has 1 heterocycles. The first-order valence-electron chi connectivity index (χ1n) is 12.3. The minimum Gasteiger partial charge on any atom is -0.497 e. The molecule has 0 bridgehead atoms. The van der Waals surface area contributed by atoms with Crippen molar-refractivity contribution in [2.45, 2.75) is 11.8 Å². The molecule has 1 amide bonds. The van der Waals surface area contributed by atoms with E-state index in [1.54, 1.807) is 16.7 Å². The minimum absolute atomic E-state index is 0.0403. The Morgan fingerprint density at radius 2 is 1.79 bits per heavy atom. The van der Waals surface area contributed by atoms with Crippen molar-refractivity contribution in [3.8, 4) is 28.4 Å². The molecule has 0 radical (unpaired) electrons. The normalized spacial score (nSPS) is 11.3. The maximum absolute atomic E-state index is 13.3. The minimum atomic E-state index is -3.99. The van der Waals surface area contributed by atoms with Crippen molar-refractivity contribution in [3.63, 3.8) is 0 Å². The average molecular weight is 547 g/mol. The first-order valence-corrected chi connectivity index (χ1v) is 13.7. The van der Waals surface area contributed by atoms with Gasteiger partial charge in [-0.2, -0.15) is 4.31 Å². The second-order valence-electron chi connectivity index (χ2n) is 8.43. The third-order valence-corrected chi connectivity index (χ3v) is 7.61. The number of imidazole rings is 1. The van der Waals surface area contributed by atoms with E-state index in [1.807, 2.05) is 67.7 Å². The van der Waals surface area contributed by atoms with Gasteiger partial charge in [-0.15, -0.1) is 6.58 Å². The van der Waals surface area contributed by atoms with Gasteiger partial charge in [0, 0.05) is 24.4 Å². The summed E-state index contributed by atoms with van der Waals surface area (Å²) in [6, 6.07) is 22.9. The largest absolute Gasteiger partial charge is 0.497 e. The van der Waals surface area contributed by atoms with Crippen LogP contribution >= 0.6 is 0 Å². The summed E-state index contributed by atoms with van der Waals surface area (Å²) in [5.74, 6) is 0.885. The van der Waals surface area contributed by atoms with Crippen LogP contribution in [0.4, 0.5) is 5.95 Å². The molecule has 0 saturated heterocycles. The van der Waals surface area contributed by atoms with E-state index in [4.69, 9.17) is 9.47 Å². The van der Waals surface area contributed by atoms with Crippen LogP contribution < -0.4 is 14.8 Å². The Labute approximate surface area is 228 Å². The predicted molar refractivity (Wildman–Crippen MR) is 151 cm³/mol. The van der Waals surface area contributed by atoms with Crippen molar-refractivity contribution in [1.82, 2.24) is 13.9 Å². The number of hydrogen-bond acceptors (Lipinski definition) is 6. The number of nitrogens with zero attached hydrogens (tertiary/aromatic N) is 3. The predicted octanol–water partition coefficient (Wildman–Crippen LogP) is 4.76. The molecule has 4 rings (SSSR count). The van der Waals surface area contributed by atoms with Crippen LogP contribution in [0.3, 0.4) is 0 Å². The zero-order valence-electron chi connectivity index (χ0n) is 21.8. The van der Waals surface area contributed by atoms with E-state index >= 15 is 0 Å². The van der Waals surface area contributed by atoms with E-state index < -0.39 is 22.5 Å². The third kappa shape index (κ3) is 6.54. The number of hydrogen-bond donors (Lipinski definition) is 1. The highest BCUT2D eigenvalue weighted by atomic mass is 32.2. The molecule has 0 unspecified atom stereocenters. The molecule has 1 N–H and O–H groups in total. The van der Waals surface area contributed by atoms with Crippen LogP contribution in [0.25, 0.3) is 16.9 Å². The van der Waals surface area contributed by atoms with Gasteiger partial charge in [0.05, 0.1) is 36.5 Å². The van der Waals surface area contributed by atoms with Crippen LogP contribution in [0.1, 0.15) is 6.92 Å². The second-order valence-corrected chi connectivity index (χ2v) is 10.4. The van der Waals surface area contributed by atoms with E-state index in [2.05, 4.69) is 16.9 Å². The van der Waals surface area contributed by atoms with Crippen LogP contribution in [-0.2, 0) is 14.8 Å². The van der Waals surface area contributed by atoms with Crippen LogP contribution in [0.15, 0.2) is 103 Å². The number of nitrogens with one attached hydrogen (secondary N) is 1. The zero-order valence-corrected chi connectivity index (χ0v) is 22.6. The van der Waals surface area contributed by atoms with Gasteiger partial charge >= 0.3 is 0 Å². The summed E-state index contributed by atoms with van der Waals surface area (Å²) >= 11 is 0. The van der Waals surface area contributed by atoms with Crippen molar-refractivity contribution in [2.24, 2.45) is 0 Å². The van der Waals surface area contributed by atoms with E-state index in [0.717, 1.165) is 15.6 Å². The fourth-order valence-corrected chi connectivity index (χ4v) is 5.28. The number of amides is 1. The lowest BCUT2D eigenvalue weighted by Gasteiger charge is -2.20. The Bertz CT molecular complexity index is 1530. The number of anilines is 1. The maximum atomic E-state index is 13.3. The van der Waals surface area contributed by atoms with Crippen molar-refractivity contribution < 1.29 is 22.7 Å². The van der Waals surface area contributed by atoms with Crippen LogP contribution in [-0.4, -0.2) is 55.0 Å². The summed E-state index contributed by atoms with van der Waals surface area (Å²) in [6.07, 6.45) is 3.24. The molecule has 3 aromatic carbocycles. The van der Waals surface area contributed by atoms with Gasteiger partial charge in [0.2, 0.25) is 21.9 Å². The fraction of sp³-hybridized carbons (Fsp3) is 0.172. The Morgan fingerprint density at radius 3 is 2.46 bits per heavy atom. The first-order chi connectivity index (χ1) is 18.8. The van der Waals surface area contributed by atoms with Gasteiger partial charge in [-0.3, -0.25) is 14.7 Å². The molecular formula is C29H30N4O5S. The highest BCUT2D eigenvalue weighted by Crippen LogP contribution is 2.26. The van der Waals surface area contributed by atoms with Crippen molar-refractivity contribution in [1.29, 1.82) is 0 Å². The summed E-state index contributed by atoms with van der Waals surface area (Å²) in [7, 11) is -2.49. The highest BCUT2D eigenvalue weighted by molar-refractivity contribution is 7.89. The quantitative estimate of drug-likeness (QED) is 0.257. The van der Waals surface area contributed by atoms with Gasteiger partial charge < -0.3 is 9.47 Å². The Balaban J connectivity index is 1.64. The molecule has 0 spiro atoms. The number of carbonyl (C=O) groups is 1. The Hall–Kier alpha value is -4.41. The summed E-state index contributed by atoms with van der Waals surface area (Å²) in [6.45, 7) is 5.57. The number of sulfonamides is 1. The van der Waals surface area contributed by atoms with Gasteiger partial charge in [-0.25, -0.2) is 13.4 Å². The fourth-order valence-electron chi connectivity index (χ4n) is 3.92. The zero-order chi connectivity index (χ0) is 27.8. The van der Waals surface area contributed by atoms with Gasteiger partial charge in [0.15, 0.2) is 0 Å². The maximum Gasteiger partial charge on any atom is 0.243 e. The molecule has 0 aliphatic carbocycles. The molecular weight excluding hydrogens is 516 g/mol. The molecule has 0 saturated carbocycles. The third-order valence-electron chi connectivity index (χ3n) is 5.78. The lowest BCUT2D eigenvalue weighted by molar-refractivity contribution is -0.116. The summed E-state index contributed by atoms with van der Waals surface area (Å²) in [5, 5.41) is 2.79. The standard InChI is InChI=1S/C29H30N4O5S/c1-4-18-32(39(35,36)26-16-14-24(37-3)15-17-26)21-28(34)31-29-30-27(22-10-7-6-8-11-22)20-33(29)23-12-9-13-25(19-23)38-5-2/h4,6-17,19-20H,1,5,18,21H2,2-3H3,(H,30,31,34). The molecule has 1 aromatic heterocycles. The van der Waals surface area contributed by atoms with Crippen LogP contribution in [0.2, 0.25) is 0 Å². The number of aromatic nitrogens is 2. The van der Waals surface area contributed by atoms with Gasteiger partial charge in [-0.1, -0.05) is 42.5 Å². The molecule has 4 aromatic rings. The van der Waals surface area contributed by atoms with Gasteiger partial charge in [0.1, 0.15) is 11.5 Å². The molecule has 9 nitrogen and oxygen atoms in total. The second kappa shape index (κ2) is 12.4. The van der Waals surface area contributed by atoms with Crippen LogP contribution in [0, 0.1) is 0 Å². The topological polar surface area (TPSA) is 103 Å². The number of carbonyl (C=O) groups excluding carboxylic acids is 1. The van der Waals surface area contributed by atoms with Crippen molar-refractivity contribution in [2.75, 3.05) is 32.1 Å². The highest BCUT2D eigenvalue weighted by Gasteiger charge is 2.26. The lowest BCUT2D eigenvalue weighted by atomic mass is 10.2. The van der Waals surface area contributed by atoms with E-state index in [-0.39, 0.29) is 17.4 Å².